The molecule has 0 aliphatic heterocycles. The minimum Gasteiger partial charge on any atom is -0.0683 e. The van der Waals surface area contributed by atoms with Gasteiger partial charge in [-0.2, -0.15) is 0 Å². The first-order valence-electron chi connectivity index (χ1n) is 6.68. The lowest BCUT2D eigenvalue weighted by atomic mass is 9.80. The molecular weight excluding hydrogens is 168 g/mol. The summed E-state index contributed by atoms with van der Waals surface area (Å²) in [4.78, 5) is 0. The third-order valence-corrected chi connectivity index (χ3v) is 3.29. The van der Waals surface area contributed by atoms with Crippen LogP contribution in [0.25, 0.3) is 0 Å². The molecular formula is C14H30. The lowest BCUT2D eigenvalue weighted by Gasteiger charge is -2.26. The maximum atomic E-state index is 2.40. The minimum atomic E-state index is 0.907. The van der Waals surface area contributed by atoms with Crippen LogP contribution in [-0.4, -0.2) is 0 Å². The van der Waals surface area contributed by atoms with E-state index in [2.05, 4.69) is 20.8 Å². The number of hydrogen-bond donors (Lipinski definition) is 0. The molecule has 0 radical (unpaired) electrons. The summed E-state index contributed by atoms with van der Waals surface area (Å²) in [7, 11) is 0. The van der Waals surface area contributed by atoms with E-state index in [4.69, 9.17) is 0 Å². The highest BCUT2D eigenvalue weighted by atomic mass is 14.2. The molecule has 0 aromatic heterocycles. The Hall–Kier alpha value is 0. The minimum absolute atomic E-state index is 0.907. The summed E-state index contributed by atoms with van der Waals surface area (Å²) < 4.78 is 0. The predicted octanol–water partition coefficient (Wildman–Crippen LogP) is 5.28. The summed E-state index contributed by atoms with van der Waals surface area (Å²) in [6, 6.07) is 0. The van der Waals surface area contributed by atoms with E-state index in [1.807, 2.05) is 13.8 Å². The van der Waals surface area contributed by atoms with E-state index < -0.39 is 0 Å². The SMILES string of the molecule is CC.CC(C)CCC1CCC(C)CC1. The normalized spacial score (nSPS) is 27.0. The highest BCUT2D eigenvalue weighted by Crippen LogP contribution is 2.31. The molecule has 1 aliphatic carbocycles. The van der Waals surface area contributed by atoms with Crippen LogP contribution in [0.5, 0.6) is 0 Å². The molecule has 0 N–H and O–H groups in total. The molecule has 0 heteroatoms. The van der Waals surface area contributed by atoms with Gasteiger partial charge in [0.25, 0.3) is 0 Å². The van der Waals surface area contributed by atoms with Gasteiger partial charge in [-0.15, -0.1) is 0 Å². The van der Waals surface area contributed by atoms with Crippen LogP contribution in [-0.2, 0) is 0 Å². The standard InChI is InChI=1S/C12H24.C2H6/c1-10(2)4-7-12-8-5-11(3)6-9-12;1-2/h10-12H,4-9H2,1-3H3;1-2H3. The molecule has 0 aromatic carbocycles. The van der Waals surface area contributed by atoms with E-state index in [1.54, 1.807) is 0 Å². The van der Waals surface area contributed by atoms with Crippen LogP contribution < -0.4 is 0 Å². The summed E-state index contributed by atoms with van der Waals surface area (Å²) in [5, 5.41) is 0. The van der Waals surface area contributed by atoms with Gasteiger partial charge < -0.3 is 0 Å². The fourth-order valence-corrected chi connectivity index (χ4v) is 2.19. The summed E-state index contributed by atoms with van der Waals surface area (Å²) in [5.74, 6) is 2.99. The van der Waals surface area contributed by atoms with E-state index in [0.717, 1.165) is 17.8 Å². The van der Waals surface area contributed by atoms with Gasteiger partial charge in [-0.3, -0.25) is 0 Å². The van der Waals surface area contributed by atoms with Crippen molar-refractivity contribution in [2.75, 3.05) is 0 Å². The summed E-state index contributed by atoms with van der Waals surface area (Å²) >= 11 is 0. The quantitative estimate of drug-likeness (QED) is 0.579. The van der Waals surface area contributed by atoms with Gasteiger partial charge in [0.1, 0.15) is 0 Å². The Bertz CT molecular complexity index is 107. The second-order valence-corrected chi connectivity index (χ2v) is 5.10. The Balaban J connectivity index is 0.000000791. The van der Waals surface area contributed by atoms with Crippen LogP contribution in [0.3, 0.4) is 0 Å². The first-order valence-corrected chi connectivity index (χ1v) is 6.68. The number of rotatable bonds is 3. The van der Waals surface area contributed by atoms with Gasteiger partial charge in [0, 0.05) is 0 Å². The second kappa shape index (κ2) is 8.32. The van der Waals surface area contributed by atoms with E-state index in [-0.39, 0.29) is 0 Å². The van der Waals surface area contributed by atoms with Crippen molar-refractivity contribution in [2.24, 2.45) is 17.8 Å². The maximum Gasteiger partial charge on any atom is -0.0414 e. The Morgan fingerprint density at radius 3 is 1.93 bits per heavy atom. The van der Waals surface area contributed by atoms with Gasteiger partial charge in [0.15, 0.2) is 0 Å². The van der Waals surface area contributed by atoms with Crippen LogP contribution >= 0.6 is 0 Å². The van der Waals surface area contributed by atoms with Gasteiger partial charge in [-0.05, 0) is 17.8 Å². The van der Waals surface area contributed by atoms with Crippen molar-refractivity contribution in [3.63, 3.8) is 0 Å². The van der Waals surface area contributed by atoms with E-state index >= 15 is 0 Å². The summed E-state index contributed by atoms with van der Waals surface area (Å²) in [5.41, 5.74) is 0. The molecule has 0 saturated heterocycles. The molecule has 0 amide bonds. The molecule has 14 heavy (non-hydrogen) atoms. The second-order valence-electron chi connectivity index (χ2n) is 5.10. The lowest BCUT2D eigenvalue weighted by Crippen LogP contribution is -2.12. The maximum absolute atomic E-state index is 2.40. The highest BCUT2D eigenvalue weighted by Gasteiger charge is 2.17. The topological polar surface area (TPSA) is 0 Å². The van der Waals surface area contributed by atoms with Crippen molar-refractivity contribution in [3.05, 3.63) is 0 Å². The fourth-order valence-electron chi connectivity index (χ4n) is 2.19. The van der Waals surface area contributed by atoms with Crippen LogP contribution in [0.1, 0.15) is 73.1 Å². The summed E-state index contributed by atoms with van der Waals surface area (Å²) in [6.45, 7) is 11.1. The van der Waals surface area contributed by atoms with Gasteiger partial charge in [0.2, 0.25) is 0 Å². The average molecular weight is 198 g/mol. The van der Waals surface area contributed by atoms with Crippen LogP contribution in [0, 0.1) is 17.8 Å². The van der Waals surface area contributed by atoms with Crippen LogP contribution in [0.4, 0.5) is 0 Å². The fraction of sp³-hybridized carbons (Fsp3) is 1.00. The molecule has 0 aromatic rings. The molecule has 1 rings (SSSR count). The molecule has 0 bridgehead atoms. The summed E-state index contributed by atoms with van der Waals surface area (Å²) in [6.07, 6.45) is 8.93. The Morgan fingerprint density at radius 1 is 1.00 bits per heavy atom. The first-order chi connectivity index (χ1) is 6.68. The molecule has 1 aliphatic rings. The molecule has 0 nitrogen and oxygen atoms in total. The molecule has 86 valence electrons. The molecule has 0 unspecified atom stereocenters. The lowest BCUT2D eigenvalue weighted by molar-refractivity contribution is 0.265. The van der Waals surface area contributed by atoms with E-state index in [1.165, 1.54) is 38.5 Å². The average Bonchev–Trinajstić information content (AvgIpc) is 2.20. The highest BCUT2D eigenvalue weighted by molar-refractivity contribution is 4.70. The molecule has 0 spiro atoms. The van der Waals surface area contributed by atoms with Crippen molar-refractivity contribution in [1.82, 2.24) is 0 Å². The first kappa shape index (κ1) is 14.0. The van der Waals surface area contributed by atoms with E-state index in [9.17, 15) is 0 Å². The van der Waals surface area contributed by atoms with Crippen molar-refractivity contribution >= 4 is 0 Å². The zero-order chi connectivity index (χ0) is 11.0. The van der Waals surface area contributed by atoms with Crippen LogP contribution in [0.2, 0.25) is 0 Å². The molecule has 1 fully saturated rings. The third kappa shape index (κ3) is 6.45. The van der Waals surface area contributed by atoms with Crippen molar-refractivity contribution < 1.29 is 0 Å². The zero-order valence-electron chi connectivity index (χ0n) is 11.0. The van der Waals surface area contributed by atoms with Gasteiger partial charge in [0.05, 0.1) is 0 Å². The molecule has 0 heterocycles. The van der Waals surface area contributed by atoms with E-state index in [0.29, 0.717) is 0 Å². The van der Waals surface area contributed by atoms with Crippen LogP contribution in [0.15, 0.2) is 0 Å². The molecule has 0 atom stereocenters. The predicted molar refractivity (Wildman–Crippen MR) is 66.5 cm³/mol. The third-order valence-electron chi connectivity index (χ3n) is 3.29. The Labute approximate surface area is 91.5 Å². The van der Waals surface area contributed by atoms with Gasteiger partial charge in [-0.1, -0.05) is 73.1 Å². The van der Waals surface area contributed by atoms with Crippen molar-refractivity contribution in [3.8, 4) is 0 Å². The monoisotopic (exact) mass is 198 g/mol. The Kier molecular flexibility index (Phi) is 8.32. The smallest absolute Gasteiger partial charge is 0.0414 e. The van der Waals surface area contributed by atoms with Crippen molar-refractivity contribution in [2.45, 2.75) is 73.1 Å². The van der Waals surface area contributed by atoms with Gasteiger partial charge >= 0.3 is 0 Å². The number of hydrogen-bond acceptors (Lipinski definition) is 0. The van der Waals surface area contributed by atoms with Crippen molar-refractivity contribution in [1.29, 1.82) is 0 Å². The zero-order valence-corrected chi connectivity index (χ0v) is 11.0. The molecule has 1 saturated carbocycles. The Morgan fingerprint density at radius 2 is 1.50 bits per heavy atom. The largest absolute Gasteiger partial charge is 0.0683 e. The van der Waals surface area contributed by atoms with Gasteiger partial charge in [-0.25, -0.2) is 0 Å².